The van der Waals surface area contributed by atoms with E-state index in [0.29, 0.717) is 72.5 Å². The molecule has 2 aromatic heterocycles. The lowest BCUT2D eigenvalue weighted by atomic mass is 9.96. The number of likely N-dealkylation sites (tertiary alicyclic amines) is 1. The molecule has 0 unspecified atom stereocenters. The molecule has 0 bridgehead atoms. The van der Waals surface area contributed by atoms with E-state index in [9.17, 15) is 9.59 Å². The van der Waals surface area contributed by atoms with Gasteiger partial charge in [0.05, 0.1) is 17.7 Å². The number of carbonyl (C=O) groups is 2. The third kappa shape index (κ3) is 9.26. The fraction of sp³-hybridized carbons (Fsp3) is 0.412. The van der Waals surface area contributed by atoms with Gasteiger partial charge >= 0.3 is 6.03 Å². The van der Waals surface area contributed by atoms with E-state index in [0.717, 1.165) is 31.3 Å². The third-order valence-electron chi connectivity index (χ3n) is 7.61. The Morgan fingerprint density at radius 1 is 1.16 bits per heavy atom. The first-order valence-corrected chi connectivity index (χ1v) is 15.4. The lowest BCUT2D eigenvalue weighted by Crippen LogP contribution is -2.39. The van der Waals surface area contributed by atoms with Gasteiger partial charge in [0.25, 0.3) is 5.91 Å². The zero-order valence-electron chi connectivity index (χ0n) is 26.6. The maximum Gasteiger partial charge on any atom is 0.325 e. The fourth-order valence-corrected chi connectivity index (χ4v) is 5.10. The summed E-state index contributed by atoms with van der Waals surface area (Å²) in [7, 11) is 1.58. The summed E-state index contributed by atoms with van der Waals surface area (Å²) >= 11 is 0. The zero-order chi connectivity index (χ0) is 32.2. The number of fused-ring (bicyclic) bond motifs is 1. The van der Waals surface area contributed by atoms with Crippen LogP contribution in [0.15, 0.2) is 72.0 Å². The number of hydrogen-bond acceptors (Lipinski definition) is 8. The SMILES string of the molecule is C=C/C=C(\C=NCC1CCN(C(C)C)CC1)C(=O)Nc1cc(Oc2cc3ccn(C(=O)NC)c3cc2OCCOCC)ccn1. The molecule has 11 heteroatoms. The van der Waals surface area contributed by atoms with Gasteiger partial charge in [-0.3, -0.25) is 14.4 Å². The number of anilines is 1. The highest BCUT2D eigenvalue weighted by Crippen LogP contribution is 2.36. The van der Waals surface area contributed by atoms with E-state index in [1.807, 2.05) is 13.0 Å². The van der Waals surface area contributed by atoms with Gasteiger partial charge < -0.3 is 29.7 Å². The van der Waals surface area contributed by atoms with Gasteiger partial charge in [-0.15, -0.1) is 0 Å². The van der Waals surface area contributed by atoms with Crippen LogP contribution in [-0.2, 0) is 9.53 Å². The average molecular weight is 617 g/mol. The van der Waals surface area contributed by atoms with Gasteiger partial charge in [-0.1, -0.05) is 12.7 Å². The van der Waals surface area contributed by atoms with Gasteiger partial charge in [0, 0.05) is 62.4 Å². The molecule has 2 amide bonds. The van der Waals surface area contributed by atoms with Crippen LogP contribution in [-0.4, -0.2) is 85.1 Å². The minimum atomic E-state index is -0.352. The first-order chi connectivity index (χ1) is 21.8. The number of aliphatic imine (C=N–C) groups is 1. The van der Waals surface area contributed by atoms with Crippen LogP contribution in [0.25, 0.3) is 10.9 Å². The molecule has 240 valence electrons. The van der Waals surface area contributed by atoms with Gasteiger partial charge in [0.1, 0.15) is 18.2 Å². The van der Waals surface area contributed by atoms with E-state index in [2.05, 4.69) is 45.9 Å². The Balaban J connectivity index is 1.45. The third-order valence-corrected chi connectivity index (χ3v) is 7.61. The molecule has 2 N–H and O–H groups in total. The van der Waals surface area contributed by atoms with Crippen molar-refractivity contribution in [1.82, 2.24) is 19.8 Å². The first kappa shape index (κ1) is 33.4. The van der Waals surface area contributed by atoms with Crippen LogP contribution in [0.2, 0.25) is 0 Å². The molecule has 3 heterocycles. The Kier molecular flexibility index (Phi) is 12.3. The highest BCUT2D eigenvalue weighted by Gasteiger charge is 2.20. The van der Waals surface area contributed by atoms with E-state index < -0.39 is 0 Å². The number of nitrogens with zero attached hydrogens (tertiary/aromatic N) is 4. The summed E-state index contributed by atoms with van der Waals surface area (Å²) in [5, 5.41) is 6.26. The molecule has 0 spiro atoms. The molecular formula is C34H44N6O5. The Labute approximate surface area is 265 Å². The maximum absolute atomic E-state index is 13.2. The van der Waals surface area contributed by atoms with Crippen LogP contribution in [0, 0.1) is 5.92 Å². The number of pyridine rings is 1. The minimum absolute atomic E-state index is 0.268. The quantitative estimate of drug-likeness (QED) is 0.104. The molecule has 45 heavy (non-hydrogen) atoms. The predicted molar refractivity (Wildman–Crippen MR) is 178 cm³/mol. The number of allylic oxidation sites excluding steroid dienone is 2. The number of rotatable bonds is 14. The zero-order valence-corrected chi connectivity index (χ0v) is 26.6. The summed E-state index contributed by atoms with van der Waals surface area (Å²) in [4.78, 5) is 36.9. The van der Waals surface area contributed by atoms with Crippen molar-refractivity contribution in [3.05, 3.63) is 67.0 Å². The van der Waals surface area contributed by atoms with E-state index in [-0.39, 0.29) is 11.9 Å². The van der Waals surface area contributed by atoms with Crippen LogP contribution in [0.4, 0.5) is 10.6 Å². The molecule has 4 rings (SSSR count). The molecule has 3 aromatic rings. The standard InChI is InChI=1S/C34H44N6O5/c1-6-8-27(23-36-22-25-10-14-39(15-11-25)24(3)4)33(41)38-32-20-28(9-13-37-32)45-31-19-26-12-16-40(34(42)35-5)29(26)21-30(31)44-18-17-43-7-2/h6,8-9,12-13,16,19-21,23-25H,1,7,10-11,14-15,17-18,22H2,2-5H3,(H,35,42)(H,37,38,41)/b27-8+,36-23?. The van der Waals surface area contributed by atoms with E-state index in [1.165, 1.54) is 4.57 Å². The molecule has 0 aliphatic carbocycles. The lowest BCUT2D eigenvalue weighted by molar-refractivity contribution is -0.112. The highest BCUT2D eigenvalue weighted by molar-refractivity contribution is 6.17. The second-order valence-electron chi connectivity index (χ2n) is 11.0. The van der Waals surface area contributed by atoms with Crippen LogP contribution < -0.4 is 20.1 Å². The first-order valence-electron chi connectivity index (χ1n) is 15.4. The number of aromatic nitrogens is 2. The second-order valence-corrected chi connectivity index (χ2v) is 11.0. The number of amides is 2. The van der Waals surface area contributed by atoms with Crippen molar-refractivity contribution in [2.75, 3.05) is 51.8 Å². The number of hydrogen-bond donors (Lipinski definition) is 2. The van der Waals surface area contributed by atoms with Crippen molar-refractivity contribution >= 4 is 34.9 Å². The summed E-state index contributed by atoms with van der Waals surface area (Å²) < 4.78 is 19.1. The smallest absolute Gasteiger partial charge is 0.325 e. The Morgan fingerprint density at radius 3 is 2.67 bits per heavy atom. The molecular weight excluding hydrogens is 572 g/mol. The molecule has 1 fully saturated rings. The van der Waals surface area contributed by atoms with E-state index >= 15 is 0 Å². The molecule has 1 aromatic carbocycles. The van der Waals surface area contributed by atoms with Gasteiger partial charge in [-0.05, 0) is 76.9 Å². The largest absolute Gasteiger partial charge is 0.487 e. The molecule has 1 aliphatic heterocycles. The summed E-state index contributed by atoms with van der Waals surface area (Å²) in [5.74, 6) is 1.79. The van der Waals surface area contributed by atoms with Crippen molar-refractivity contribution in [1.29, 1.82) is 0 Å². The van der Waals surface area contributed by atoms with Crippen molar-refractivity contribution in [2.24, 2.45) is 10.9 Å². The topological polar surface area (TPSA) is 119 Å². The van der Waals surface area contributed by atoms with Crippen LogP contribution in [0.3, 0.4) is 0 Å². The summed E-state index contributed by atoms with van der Waals surface area (Å²) in [5.41, 5.74) is 1.05. The molecule has 1 aliphatic rings. The number of nitrogens with one attached hydrogen (secondary N) is 2. The number of piperidine rings is 1. The van der Waals surface area contributed by atoms with Gasteiger partial charge in [-0.2, -0.15) is 0 Å². The Bertz CT molecular complexity index is 1520. The normalized spacial score (nSPS) is 14.6. The molecule has 0 saturated carbocycles. The highest BCUT2D eigenvalue weighted by atomic mass is 16.5. The van der Waals surface area contributed by atoms with Crippen molar-refractivity contribution < 1.29 is 23.8 Å². The number of carbonyl (C=O) groups excluding carboxylic acids is 2. The van der Waals surface area contributed by atoms with E-state index in [4.69, 9.17) is 14.2 Å². The second kappa shape index (κ2) is 16.6. The lowest BCUT2D eigenvalue weighted by Gasteiger charge is -2.34. The van der Waals surface area contributed by atoms with Crippen LogP contribution in [0.5, 0.6) is 17.2 Å². The number of ether oxygens (including phenoxy) is 3. The van der Waals surface area contributed by atoms with Crippen LogP contribution in [0.1, 0.15) is 33.6 Å². The monoisotopic (exact) mass is 616 g/mol. The minimum Gasteiger partial charge on any atom is -0.487 e. The summed E-state index contributed by atoms with van der Waals surface area (Å²) in [6, 6.07) is 9.00. The Morgan fingerprint density at radius 2 is 1.96 bits per heavy atom. The Hall–Kier alpha value is -4.48. The molecule has 0 atom stereocenters. The fourth-order valence-electron chi connectivity index (χ4n) is 5.10. The predicted octanol–water partition coefficient (Wildman–Crippen LogP) is 5.67. The van der Waals surface area contributed by atoms with Crippen molar-refractivity contribution in [3.8, 4) is 17.2 Å². The van der Waals surface area contributed by atoms with Crippen molar-refractivity contribution in [2.45, 2.75) is 39.7 Å². The molecule has 1 saturated heterocycles. The van der Waals surface area contributed by atoms with Crippen LogP contribution >= 0.6 is 0 Å². The molecule has 0 radical (unpaired) electrons. The summed E-state index contributed by atoms with van der Waals surface area (Å²) in [6.07, 6.45) is 10.2. The van der Waals surface area contributed by atoms with Gasteiger partial charge in [-0.25, -0.2) is 9.78 Å². The number of benzene rings is 1. The average Bonchev–Trinajstić information content (AvgIpc) is 3.45. The maximum atomic E-state index is 13.2. The van der Waals surface area contributed by atoms with Gasteiger partial charge in [0.2, 0.25) is 0 Å². The van der Waals surface area contributed by atoms with Crippen molar-refractivity contribution in [3.63, 3.8) is 0 Å². The van der Waals surface area contributed by atoms with E-state index in [1.54, 1.807) is 62.1 Å². The summed E-state index contributed by atoms with van der Waals surface area (Å²) in [6.45, 7) is 14.2. The van der Waals surface area contributed by atoms with Gasteiger partial charge in [0.15, 0.2) is 11.5 Å². The molecule has 11 nitrogen and oxygen atoms in total.